The second-order valence-electron chi connectivity index (χ2n) is 9.12. The number of benzene rings is 2. The van der Waals surface area contributed by atoms with Gasteiger partial charge >= 0.3 is 0 Å². The van der Waals surface area contributed by atoms with E-state index >= 15 is 0 Å². The molecule has 5 rings (SSSR count). The number of methoxy groups -OCH3 is 1. The van der Waals surface area contributed by atoms with E-state index in [0.29, 0.717) is 6.04 Å². The number of anilines is 1. The molecule has 0 amide bonds. The number of aryl methyl sites for hydroxylation is 1. The molecule has 3 N–H and O–H groups in total. The fraction of sp³-hybridized carbons (Fsp3) is 0.370. The topological polar surface area (TPSA) is 63.4 Å². The molecule has 32 heavy (non-hydrogen) atoms. The van der Waals surface area contributed by atoms with E-state index in [4.69, 9.17) is 10.5 Å². The summed E-state index contributed by atoms with van der Waals surface area (Å²) in [6, 6.07) is 19.7. The number of nitrogens with two attached hydrogens (primary N) is 1. The zero-order valence-corrected chi connectivity index (χ0v) is 18.9. The summed E-state index contributed by atoms with van der Waals surface area (Å²) in [5, 5.41) is 3.57. The van der Waals surface area contributed by atoms with E-state index in [1.807, 2.05) is 18.3 Å². The highest BCUT2D eigenvalue weighted by atomic mass is 16.5. The van der Waals surface area contributed by atoms with Crippen molar-refractivity contribution in [3.8, 4) is 5.75 Å². The highest BCUT2D eigenvalue weighted by molar-refractivity contribution is 5.61. The molecule has 0 saturated carbocycles. The number of pyridine rings is 1. The van der Waals surface area contributed by atoms with Crippen LogP contribution in [0.5, 0.6) is 5.75 Å². The van der Waals surface area contributed by atoms with Gasteiger partial charge in [-0.05, 0) is 66.3 Å². The summed E-state index contributed by atoms with van der Waals surface area (Å²) in [6.07, 6.45) is 3.89. The van der Waals surface area contributed by atoms with Gasteiger partial charge in [-0.1, -0.05) is 30.3 Å². The maximum atomic E-state index is 6.73. The van der Waals surface area contributed by atoms with Crippen molar-refractivity contribution in [2.75, 3.05) is 25.5 Å². The van der Waals surface area contributed by atoms with Crippen LogP contribution in [-0.2, 0) is 13.0 Å². The number of piperidine rings is 1. The van der Waals surface area contributed by atoms with Gasteiger partial charge in [0.1, 0.15) is 5.75 Å². The summed E-state index contributed by atoms with van der Waals surface area (Å²) in [5.74, 6) is 1.18. The lowest BCUT2D eigenvalue weighted by atomic mass is 9.79. The normalized spacial score (nSPS) is 22.7. The van der Waals surface area contributed by atoms with Gasteiger partial charge in [0.05, 0.1) is 12.8 Å². The Bertz CT molecular complexity index is 1080. The molecule has 5 heteroatoms. The molecule has 2 aromatic carbocycles. The van der Waals surface area contributed by atoms with Crippen LogP contribution in [-0.4, -0.2) is 36.1 Å². The highest BCUT2D eigenvalue weighted by Crippen LogP contribution is 2.43. The number of ether oxygens (including phenoxy) is 1. The van der Waals surface area contributed by atoms with E-state index in [9.17, 15) is 0 Å². The zero-order valence-electron chi connectivity index (χ0n) is 18.9. The standard InChI is InChI=1S/C27H32N4O/c1-18-8-10-29-24(12-18)22-17-31-11-9-20-13-25(30-16-19-6-4-3-5-7-19)27(32-2)14-21(20)26(31)15-23(22)28/h3-8,10,12-14,22-23,26,30H,9,11,15-17,28H2,1-2H3/t22-,23+,26-/m0/s1. The summed E-state index contributed by atoms with van der Waals surface area (Å²) in [7, 11) is 1.75. The minimum Gasteiger partial charge on any atom is -0.495 e. The first kappa shape index (κ1) is 21.0. The molecule has 1 saturated heterocycles. The summed E-state index contributed by atoms with van der Waals surface area (Å²) in [4.78, 5) is 7.24. The lowest BCUT2D eigenvalue weighted by Gasteiger charge is -2.46. The van der Waals surface area contributed by atoms with Crippen LogP contribution >= 0.6 is 0 Å². The quantitative estimate of drug-likeness (QED) is 0.630. The van der Waals surface area contributed by atoms with Crippen molar-refractivity contribution in [1.82, 2.24) is 9.88 Å². The van der Waals surface area contributed by atoms with Crippen LogP contribution in [0.2, 0.25) is 0 Å². The molecule has 3 atom stereocenters. The molecule has 3 aromatic rings. The molecular weight excluding hydrogens is 396 g/mol. The first-order chi connectivity index (χ1) is 15.6. The predicted molar refractivity (Wildman–Crippen MR) is 129 cm³/mol. The monoisotopic (exact) mass is 428 g/mol. The van der Waals surface area contributed by atoms with Crippen molar-refractivity contribution < 1.29 is 4.74 Å². The number of hydrogen-bond donors (Lipinski definition) is 2. The van der Waals surface area contributed by atoms with E-state index < -0.39 is 0 Å². The Morgan fingerprint density at radius 1 is 1.16 bits per heavy atom. The lowest BCUT2D eigenvalue weighted by molar-refractivity contribution is 0.108. The summed E-state index contributed by atoms with van der Waals surface area (Å²) < 4.78 is 5.79. The van der Waals surface area contributed by atoms with Gasteiger partial charge in [-0.3, -0.25) is 9.88 Å². The Labute approximate surface area is 190 Å². The van der Waals surface area contributed by atoms with Gasteiger partial charge in [0, 0.05) is 49.5 Å². The van der Waals surface area contributed by atoms with E-state index in [2.05, 4.69) is 64.6 Å². The van der Waals surface area contributed by atoms with E-state index in [1.54, 1.807) is 7.11 Å². The molecule has 5 nitrogen and oxygen atoms in total. The summed E-state index contributed by atoms with van der Waals surface area (Å²) >= 11 is 0. The number of nitrogens with zero attached hydrogens (tertiary/aromatic N) is 2. The van der Waals surface area contributed by atoms with E-state index in [1.165, 1.54) is 22.3 Å². The van der Waals surface area contributed by atoms with Crippen molar-refractivity contribution in [1.29, 1.82) is 0 Å². The maximum Gasteiger partial charge on any atom is 0.142 e. The Morgan fingerprint density at radius 3 is 2.78 bits per heavy atom. The zero-order chi connectivity index (χ0) is 22.1. The van der Waals surface area contributed by atoms with Gasteiger partial charge in [0.15, 0.2) is 0 Å². The van der Waals surface area contributed by atoms with Crippen LogP contribution in [0, 0.1) is 6.92 Å². The number of rotatable bonds is 5. The molecule has 0 unspecified atom stereocenters. The van der Waals surface area contributed by atoms with Gasteiger partial charge in [-0.25, -0.2) is 0 Å². The molecule has 0 radical (unpaired) electrons. The van der Waals surface area contributed by atoms with Crippen molar-refractivity contribution in [3.05, 3.63) is 88.7 Å². The molecule has 166 valence electrons. The SMILES string of the molecule is COc1cc2c(cc1NCc1ccccc1)CCN1C[C@H](c3cc(C)ccn3)[C@H](N)C[C@@H]21. The molecular formula is C27H32N4O. The largest absolute Gasteiger partial charge is 0.495 e. The molecule has 1 aromatic heterocycles. The molecule has 0 bridgehead atoms. The fourth-order valence-electron chi connectivity index (χ4n) is 5.26. The third-order valence-corrected chi connectivity index (χ3v) is 7.02. The van der Waals surface area contributed by atoms with Crippen molar-refractivity contribution in [3.63, 3.8) is 0 Å². The van der Waals surface area contributed by atoms with Crippen LogP contribution in [0.25, 0.3) is 0 Å². The van der Waals surface area contributed by atoms with Crippen LogP contribution in [0.4, 0.5) is 5.69 Å². The van der Waals surface area contributed by atoms with Crippen LogP contribution in [0.1, 0.15) is 46.3 Å². The summed E-state index contributed by atoms with van der Waals surface area (Å²) in [6.45, 7) is 4.91. The average molecular weight is 429 g/mol. The second kappa shape index (κ2) is 8.93. The van der Waals surface area contributed by atoms with E-state index in [-0.39, 0.29) is 12.0 Å². The summed E-state index contributed by atoms with van der Waals surface area (Å²) in [5.41, 5.74) is 14.2. The van der Waals surface area contributed by atoms with Gasteiger partial charge in [-0.15, -0.1) is 0 Å². The van der Waals surface area contributed by atoms with Gasteiger partial charge in [-0.2, -0.15) is 0 Å². The first-order valence-corrected chi connectivity index (χ1v) is 11.5. The van der Waals surface area contributed by atoms with Gasteiger partial charge in [0.25, 0.3) is 0 Å². The van der Waals surface area contributed by atoms with Crippen molar-refractivity contribution >= 4 is 5.69 Å². The van der Waals surface area contributed by atoms with Crippen LogP contribution in [0.15, 0.2) is 60.8 Å². The van der Waals surface area contributed by atoms with E-state index in [0.717, 1.165) is 49.6 Å². The average Bonchev–Trinajstić information content (AvgIpc) is 2.82. The van der Waals surface area contributed by atoms with Crippen LogP contribution < -0.4 is 15.8 Å². The number of aromatic nitrogens is 1. The lowest BCUT2D eigenvalue weighted by Crippen LogP contribution is -2.50. The van der Waals surface area contributed by atoms with Crippen molar-refractivity contribution in [2.24, 2.45) is 5.73 Å². The molecule has 0 aliphatic carbocycles. The Morgan fingerprint density at radius 2 is 2.00 bits per heavy atom. The smallest absolute Gasteiger partial charge is 0.142 e. The Kier molecular flexibility index (Phi) is 5.85. The first-order valence-electron chi connectivity index (χ1n) is 11.5. The minimum atomic E-state index is 0.0957. The molecule has 3 heterocycles. The number of nitrogens with one attached hydrogen (secondary N) is 1. The van der Waals surface area contributed by atoms with Crippen LogP contribution in [0.3, 0.4) is 0 Å². The number of hydrogen-bond acceptors (Lipinski definition) is 5. The third kappa shape index (κ3) is 4.10. The third-order valence-electron chi connectivity index (χ3n) is 7.02. The fourth-order valence-corrected chi connectivity index (χ4v) is 5.26. The van der Waals surface area contributed by atoms with Crippen molar-refractivity contribution in [2.45, 2.75) is 44.3 Å². The van der Waals surface area contributed by atoms with Gasteiger partial charge in [0.2, 0.25) is 0 Å². The molecule has 2 aliphatic heterocycles. The van der Waals surface area contributed by atoms with Gasteiger partial charge < -0.3 is 15.8 Å². The molecule has 0 spiro atoms. The molecule has 1 fully saturated rings. The molecule has 2 aliphatic rings. The Hall–Kier alpha value is -2.89. The highest BCUT2D eigenvalue weighted by Gasteiger charge is 2.39. The number of fused-ring (bicyclic) bond motifs is 3. The Balaban J connectivity index is 1.38. The predicted octanol–water partition coefficient (Wildman–Crippen LogP) is 4.42. The minimum absolute atomic E-state index is 0.0957. The second-order valence-corrected chi connectivity index (χ2v) is 9.12. The maximum absolute atomic E-state index is 6.73.